The summed E-state index contributed by atoms with van der Waals surface area (Å²) in [6.07, 6.45) is 1.51. The second-order valence-corrected chi connectivity index (χ2v) is 7.85. The lowest BCUT2D eigenvalue weighted by atomic mass is 9.91. The summed E-state index contributed by atoms with van der Waals surface area (Å²) >= 11 is 0. The molecule has 0 aliphatic carbocycles. The number of rotatable bonds is 9. The van der Waals surface area contributed by atoms with Crippen molar-refractivity contribution in [2.45, 2.75) is 12.5 Å². The molecule has 0 bridgehead atoms. The molecule has 9 nitrogen and oxygen atoms in total. The Balaban J connectivity index is 1.33. The number of carbonyl (C=O) groups is 1. The van der Waals surface area contributed by atoms with Crippen LogP contribution in [0.15, 0.2) is 76.6 Å². The van der Waals surface area contributed by atoms with E-state index in [0.29, 0.717) is 17.7 Å². The van der Waals surface area contributed by atoms with Gasteiger partial charge in [0.05, 0.1) is 19.5 Å². The summed E-state index contributed by atoms with van der Waals surface area (Å²) < 4.78 is 15.2. The number of ether oxygens (including phenoxy) is 2. The standard InChI is InChI=1S/C25H26N4O5/c1-27-22-21(23(30)28(2)25(27)32)29(17-26-22)13-14-33-15-16-34-24(31)20(18-9-5-3-6-10-18)19-11-7-4-8-12-19/h3-12,17,20H,13-16H2,1-2H3. The molecule has 0 unspecified atom stereocenters. The van der Waals surface area contributed by atoms with E-state index in [0.717, 1.165) is 15.7 Å². The number of imidazole rings is 1. The molecule has 2 aromatic heterocycles. The third-order valence-corrected chi connectivity index (χ3v) is 5.67. The molecule has 0 spiro atoms. The summed E-state index contributed by atoms with van der Waals surface area (Å²) in [6.45, 7) is 0.978. The Bertz CT molecular complexity index is 1350. The number of nitrogens with zero attached hydrogens (tertiary/aromatic N) is 4. The van der Waals surface area contributed by atoms with Crippen LogP contribution in [-0.4, -0.2) is 44.5 Å². The van der Waals surface area contributed by atoms with Gasteiger partial charge in [0.25, 0.3) is 5.56 Å². The molecule has 0 amide bonds. The summed E-state index contributed by atoms with van der Waals surface area (Å²) in [6, 6.07) is 19.0. The van der Waals surface area contributed by atoms with Gasteiger partial charge < -0.3 is 14.0 Å². The molecule has 4 aromatic rings. The Hall–Kier alpha value is -3.98. The molecule has 0 saturated heterocycles. The minimum atomic E-state index is -0.512. The largest absolute Gasteiger partial charge is 0.463 e. The van der Waals surface area contributed by atoms with Crippen LogP contribution in [0.5, 0.6) is 0 Å². The highest BCUT2D eigenvalue weighted by Crippen LogP contribution is 2.25. The average molecular weight is 463 g/mol. The Morgan fingerprint density at radius 1 is 0.882 bits per heavy atom. The normalized spacial score (nSPS) is 11.3. The van der Waals surface area contributed by atoms with E-state index >= 15 is 0 Å². The van der Waals surface area contributed by atoms with Crippen LogP contribution in [0.2, 0.25) is 0 Å². The number of hydrogen-bond donors (Lipinski definition) is 0. The summed E-state index contributed by atoms with van der Waals surface area (Å²) in [5.74, 6) is -0.853. The molecule has 2 heterocycles. The number of esters is 1. The van der Waals surface area contributed by atoms with E-state index in [2.05, 4.69) is 4.98 Å². The number of carbonyl (C=O) groups excluding carboxylic acids is 1. The molecule has 176 valence electrons. The highest BCUT2D eigenvalue weighted by atomic mass is 16.6. The lowest BCUT2D eigenvalue weighted by molar-refractivity contribution is -0.146. The van der Waals surface area contributed by atoms with Gasteiger partial charge in [-0.3, -0.25) is 18.7 Å². The van der Waals surface area contributed by atoms with Crippen LogP contribution in [0, 0.1) is 0 Å². The van der Waals surface area contributed by atoms with Crippen molar-refractivity contribution in [2.75, 3.05) is 19.8 Å². The summed E-state index contributed by atoms with van der Waals surface area (Å²) in [5, 5.41) is 0. The molecule has 0 saturated carbocycles. The van der Waals surface area contributed by atoms with Crippen LogP contribution in [0.3, 0.4) is 0 Å². The molecule has 9 heteroatoms. The summed E-state index contributed by atoms with van der Waals surface area (Å²) in [7, 11) is 3.01. The predicted molar refractivity (Wildman–Crippen MR) is 127 cm³/mol. The smallest absolute Gasteiger partial charge is 0.332 e. The lowest BCUT2D eigenvalue weighted by Crippen LogP contribution is -2.37. The fraction of sp³-hybridized carbons (Fsp3) is 0.280. The van der Waals surface area contributed by atoms with E-state index < -0.39 is 17.2 Å². The second-order valence-electron chi connectivity index (χ2n) is 7.85. The van der Waals surface area contributed by atoms with Gasteiger partial charge in [-0.15, -0.1) is 0 Å². The van der Waals surface area contributed by atoms with Crippen LogP contribution in [0.25, 0.3) is 11.2 Å². The van der Waals surface area contributed by atoms with Crippen molar-refractivity contribution in [1.82, 2.24) is 18.7 Å². The van der Waals surface area contributed by atoms with Gasteiger partial charge in [0, 0.05) is 20.6 Å². The first-order valence-electron chi connectivity index (χ1n) is 10.9. The first kappa shape index (κ1) is 23.2. The molecule has 0 aliphatic rings. The second kappa shape index (κ2) is 10.3. The molecule has 0 fully saturated rings. The van der Waals surface area contributed by atoms with Crippen molar-refractivity contribution in [3.05, 3.63) is 99.0 Å². The number of fused-ring (bicyclic) bond motifs is 1. The van der Waals surface area contributed by atoms with E-state index in [-0.39, 0.29) is 25.8 Å². The third-order valence-electron chi connectivity index (χ3n) is 5.67. The maximum atomic E-state index is 12.9. The fourth-order valence-corrected chi connectivity index (χ4v) is 3.87. The average Bonchev–Trinajstić information content (AvgIpc) is 3.29. The van der Waals surface area contributed by atoms with Crippen LogP contribution < -0.4 is 11.2 Å². The summed E-state index contributed by atoms with van der Waals surface area (Å²) in [4.78, 5) is 41.6. The molecular weight excluding hydrogens is 436 g/mol. The first-order chi connectivity index (χ1) is 16.5. The van der Waals surface area contributed by atoms with Gasteiger partial charge in [-0.1, -0.05) is 60.7 Å². The highest BCUT2D eigenvalue weighted by molar-refractivity contribution is 5.82. The first-order valence-corrected chi connectivity index (χ1v) is 10.9. The van der Waals surface area contributed by atoms with E-state index in [1.165, 1.54) is 17.9 Å². The molecular formula is C25H26N4O5. The van der Waals surface area contributed by atoms with Crippen LogP contribution >= 0.6 is 0 Å². The molecule has 0 atom stereocenters. The predicted octanol–water partition coefficient (Wildman–Crippen LogP) is 1.83. The van der Waals surface area contributed by atoms with Crippen LogP contribution in [-0.2, 0) is 34.9 Å². The van der Waals surface area contributed by atoms with Gasteiger partial charge in [0.2, 0.25) is 0 Å². The lowest BCUT2D eigenvalue weighted by Gasteiger charge is -2.17. The maximum Gasteiger partial charge on any atom is 0.332 e. The number of benzene rings is 2. The summed E-state index contributed by atoms with van der Waals surface area (Å²) in [5.41, 5.74) is 1.57. The fourth-order valence-electron chi connectivity index (χ4n) is 3.87. The van der Waals surface area contributed by atoms with Crippen molar-refractivity contribution in [3.8, 4) is 0 Å². The van der Waals surface area contributed by atoms with Crippen molar-refractivity contribution in [3.63, 3.8) is 0 Å². The molecule has 34 heavy (non-hydrogen) atoms. The monoisotopic (exact) mass is 462 g/mol. The quantitative estimate of drug-likeness (QED) is 0.278. The zero-order valence-corrected chi connectivity index (χ0v) is 19.1. The van der Waals surface area contributed by atoms with Gasteiger partial charge in [-0.05, 0) is 11.1 Å². The van der Waals surface area contributed by atoms with Crippen molar-refractivity contribution >= 4 is 17.1 Å². The number of hydrogen-bond acceptors (Lipinski definition) is 6. The number of aryl methyl sites for hydroxylation is 1. The van der Waals surface area contributed by atoms with Gasteiger partial charge >= 0.3 is 11.7 Å². The van der Waals surface area contributed by atoms with Gasteiger partial charge in [-0.25, -0.2) is 9.78 Å². The van der Waals surface area contributed by atoms with Gasteiger partial charge in [-0.2, -0.15) is 0 Å². The molecule has 0 radical (unpaired) electrons. The van der Waals surface area contributed by atoms with E-state index in [9.17, 15) is 14.4 Å². The highest BCUT2D eigenvalue weighted by Gasteiger charge is 2.24. The van der Waals surface area contributed by atoms with E-state index in [1.807, 2.05) is 60.7 Å². The van der Waals surface area contributed by atoms with Crippen molar-refractivity contribution in [1.29, 1.82) is 0 Å². The Labute approximate surface area is 195 Å². The van der Waals surface area contributed by atoms with Gasteiger partial charge in [0.1, 0.15) is 12.5 Å². The maximum absolute atomic E-state index is 12.9. The molecule has 2 aromatic carbocycles. The minimum absolute atomic E-state index is 0.107. The van der Waals surface area contributed by atoms with E-state index in [1.54, 1.807) is 11.6 Å². The Morgan fingerprint density at radius 3 is 2.12 bits per heavy atom. The van der Waals surface area contributed by atoms with E-state index in [4.69, 9.17) is 9.47 Å². The number of aromatic nitrogens is 4. The van der Waals surface area contributed by atoms with Crippen LogP contribution in [0.4, 0.5) is 0 Å². The SMILES string of the molecule is Cn1c(=O)c2c(ncn2CCOCCOC(=O)C(c2ccccc2)c2ccccc2)n(C)c1=O. The third kappa shape index (κ3) is 4.69. The minimum Gasteiger partial charge on any atom is -0.463 e. The van der Waals surface area contributed by atoms with Crippen molar-refractivity contribution in [2.24, 2.45) is 14.1 Å². The van der Waals surface area contributed by atoms with Crippen LogP contribution in [0.1, 0.15) is 17.0 Å². The van der Waals surface area contributed by atoms with Crippen molar-refractivity contribution < 1.29 is 14.3 Å². The van der Waals surface area contributed by atoms with Gasteiger partial charge in [0.15, 0.2) is 11.2 Å². The topological polar surface area (TPSA) is 97.3 Å². The Kier molecular flexibility index (Phi) is 7.03. The molecule has 0 N–H and O–H groups in total. The Morgan fingerprint density at radius 2 is 1.50 bits per heavy atom. The molecule has 4 rings (SSSR count). The zero-order chi connectivity index (χ0) is 24.1. The zero-order valence-electron chi connectivity index (χ0n) is 19.1. The molecule has 0 aliphatic heterocycles.